The summed E-state index contributed by atoms with van der Waals surface area (Å²) in [7, 11) is 0. The van der Waals surface area contributed by atoms with Gasteiger partial charge in [-0.05, 0) is 28.8 Å². The molecule has 0 radical (unpaired) electrons. The molecule has 94 valence electrons. The summed E-state index contributed by atoms with van der Waals surface area (Å²) in [6.45, 7) is 0. The minimum Gasteiger partial charge on any atom is -0.467 e. The molecule has 2 heteroatoms. The maximum Gasteiger partial charge on any atom is 0.126 e. The molecular weight excluding hydrogens is 256 g/mol. The van der Waals surface area contributed by atoms with Gasteiger partial charge in [-0.3, -0.25) is 0 Å². The van der Waals surface area contributed by atoms with Crippen LogP contribution in [-0.2, 0) is 0 Å². The van der Waals surface area contributed by atoms with Gasteiger partial charge >= 0.3 is 0 Å². The molecule has 1 atom stereocenters. The molecule has 0 aliphatic heterocycles. The van der Waals surface area contributed by atoms with E-state index in [2.05, 4.69) is 24.3 Å². The van der Waals surface area contributed by atoms with Crippen molar-refractivity contribution in [3.05, 3.63) is 84.3 Å². The molecule has 1 heterocycles. The van der Waals surface area contributed by atoms with E-state index in [-0.39, 0.29) is 5.38 Å². The summed E-state index contributed by atoms with van der Waals surface area (Å²) < 4.78 is 5.33. The molecule has 0 saturated carbocycles. The van der Waals surface area contributed by atoms with Crippen molar-refractivity contribution < 1.29 is 4.42 Å². The van der Waals surface area contributed by atoms with Gasteiger partial charge in [-0.2, -0.15) is 0 Å². The van der Waals surface area contributed by atoms with Gasteiger partial charge in [0.05, 0.1) is 6.26 Å². The lowest BCUT2D eigenvalue weighted by Crippen LogP contribution is -1.90. The van der Waals surface area contributed by atoms with Crippen LogP contribution in [0.4, 0.5) is 0 Å². The molecule has 0 bridgehead atoms. The van der Waals surface area contributed by atoms with E-state index in [0.29, 0.717) is 0 Å². The Hall–Kier alpha value is -1.99. The molecule has 1 unspecified atom stereocenters. The summed E-state index contributed by atoms with van der Waals surface area (Å²) in [6, 6.07) is 22.3. The highest BCUT2D eigenvalue weighted by Gasteiger charge is 2.13. The highest BCUT2D eigenvalue weighted by Crippen LogP contribution is 2.30. The molecule has 0 saturated heterocycles. The highest BCUT2D eigenvalue weighted by atomic mass is 35.5. The van der Waals surface area contributed by atoms with Crippen LogP contribution in [0.25, 0.3) is 11.1 Å². The van der Waals surface area contributed by atoms with Crippen LogP contribution in [0, 0.1) is 0 Å². The van der Waals surface area contributed by atoms with Crippen LogP contribution in [0.3, 0.4) is 0 Å². The molecule has 1 aromatic heterocycles. The van der Waals surface area contributed by atoms with Gasteiger partial charge in [-0.25, -0.2) is 0 Å². The first-order valence-corrected chi connectivity index (χ1v) is 6.61. The number of furan rings is 1. The Morgan fingerprint density at radius 2 is 1.42 bits per heavy atom. The van der Waals surface area contributed by atoms with Crippen molar-refractivity contribution in [2.75, 3.05) is 0 Å². The molecule has 19 heavy (non-hydrogen) atoms. The predicted octanol–water partition coefficient (Wildman–Crippen LogP) is 5.27. The van der Waals surface area contributed by atoms with Crippen LogP contribution < -0.4 is 0 Å². The summed E-state index contributed by atoms with van der Waals surface area (Å²) in [4.78, 5) is 0. The van der Waals surface area contributed by atoms with E-state index in [1.807, 2.05) is 42.5 Å². The maximum absolute atomic E-state index is 6.38. The van der Waals surface area contributed by atoms with E-state index < -0.39 is 0 Å². The largest absolute Gasteiger partial charge is 0.467 e. The molecule has 1 nitrogen and oxygen atoms in total. The Kier molecular flexibility index (Phi) is 3.39. The number of hydrogen-bond acceptors (Lipinski definition) is 1. The first kappa shape index (κ1) is 12.1. The van der Waals surface area contributed by atoms with Crippen LogP contribution in [-0.4, -0.2) is 0 Å². The molecule has 3 aromatic rings. The molecular formula is C17H13ClO. The minimum absolute atomic E-state index is 0.236. The van der Waals surface area contributed by atoms with Crippen molar-refractivity contribution >= 4 is 11.6 Å². The van der Waals surface area contributed by atoms with E-state index >= 15 is 0 Å². The molecule has 3 rings (SSSR count). The zero-order chi connectivity index (χ0) is 13.1. The number of alkyl halides is 1. The fourth-order valence-corrected chi connectivity index (χ4v) is 2.34. The summed E-state index contributed by atoms with van der Waals surface area (Å²) in [5, 5.41) is -0.236. The van der Waals surface area contributed by atoms with Gasteiger partial charge < -0.3 is 4.42 Å². The SMILES string of the molecule is ClC(c1ccc(-c2ccccc2)cc1)c1ccco1. The number of benzene rings is 2. The highest BCUT2D eigenvalue weighted by molar-refractivity contribution is 6.22. The Morgan fingerprint density at radius 1 is 0.737 bits per heavy atom. The van der Waals surface area contributed by atoms with E-state index in [1.165, 1.54) is 11.1 Å². The molecule has 0 amide bonds. The van der Waals surface area contributed by atoms with Crippen LogP contribution in [0.15, 0.2) is 77.4 Å². The van der Waals surface area contributed by atoms with E-state index in [0.717, 1.165) is 11.3 Å². The second kappa shape index (κ2) is 5.33. The first-order chi connectivity index (χ1) is 9.34. The fourth-order valence-electron chi connectivity index (χ4n) is 2.07. The minimum atomic E-state index is -0.236. The summed E-state index contributed by atoms with van der Waals surface area (Å²) in [5.74, 6) is 0.772. The average molecular weight is 269 g/mol. The van der Waals surface area contributed by atoms with Gasteiger partial charge in [0.25, 0.3) is 0 Å². The standard InChI is InChI=1S/C17H13ClO/c18-17(16-7-4-12-19-16)15-10-8-14(9-11-15)13-5-2-1-3-6-13/h1-12,17H. The molecule has 2 aromatic carbocycles. The quantitative estimate of drug-likeness (QED) is 0.590. The Labute approximate surface area is 117 Å². The third-order valence-corrected chi connectivity index (χ3v) is 3.57. The van der Waals surface area contributed by atoms with Crippen molar-refractivity contribution in [1.29, 1.82) is 0 Å². The number of hydrogen-bond donors (Lipinski definition) is 0. The average Bonchev–Trinajstić information content (AvgIpc) is 3.02. The van der Waals surface area contributed by atoms with Gasteiger partial charge in [0.2, 0.25) is 0 Å². The normalized spacial score (nSPS) is 12.3. The summed E-state index contributed by atoms with van der Waals surface area (Å²) in [6.07, 6.45) is 1.64. The monoisotopic (exact) mass is 268 g/mol. The zero-order valence-electron chi connectivity index (χ0n) is 10.3. The lowest BCUT2D eigenvalue weighted by Gasteiger charge is -2.08. The Bertz CT molecular complexity index is 627. The predicted molar refractivity (Wildman–Crippen MR) is 78.3 cm³/mol. The van der Waals surface area contributed by atoms with Crippen LogP contribution in [0.5, 0.6) is 0 Å². The van der Waals surface area contributed by atoms with E-state index in [1.54, 1.807) is 6.26 Å². The van der Waals surface area contributed by atoms with Crippen LogP contribution in [0.1, 0.15) is 16.7 Å². The zero-order valence-corrected chi connectivity index (χ0v) is 11.0. The van der Waals surface area contributed by atoms with Gasteiger partial charge in [-0.15, -0.1) is 11.6 Å². The summed E-state index contributed by atoms with van der Waals surface area (Å²) >= 11 is 6.38. The van der Waals surface area contributed by atoms with Crippen molar-refractivity contribution in [1.82, 2.24) is 0 Å². The van der Waals surface area contributed by atoms with Gasteiger partial charge in [-0.1, -0.05) is 54.6 Å². The van der Waals surface area contributed by atoms with E-state index in [9.17, 15) is 0 Å². The maximum atomic E-state index is 6.38. The van der Waals surface area contributed by atoms with Crippen molar-refractivity contribution in [3.63, 3.8) is 0 Å². The van der Waals surface area contributed by atoms with Crippen molar-refractivity contribution in [3.8, 4) is 11.1 Å². The topological polar surface area (TPSA) is 13.1 Å². The van der Waals surface area contributed by atoms with Crippen molar-refractivity contribution in [2.45, 2.75) is 5.38 Å². The van der Waals surface area contributed by atoms with Gasteiger partial charge in [0.15, 0.2) is 0 Å². The Balaban J connectivity index is 1.87. The van der Waals surface area contributed by atoms with Crippen LogP contribution >= 0.6 is 11.6 Å². The second-order valence-corrected chi connectivity index (χ2v) is 4.80. The lowest BCUT2D eigenvalue weighted by molar-refractivity contribution is 0.516. The summed E-state index contributed by atoms with van der Waals surface area (Å²) in [5.41, 5.74) is 3.43. The van der Waals surface area contributed by atoms with Crippen molar-refractivity contribution in [2.24, 2.45) is 0 Å². The molecule has 0 N–H and O–H groups in total. The molecule has 0 spiro atoms. The smallest absolute Gasteiger partial charge is 0.126 e. The fraction of sp³-hybridized carbons (Fsp3) is 0.0588. The number of rotatable bonds is 3. The second-order valence-electron chi connectivity index (χ2n) is 4.37. The number of halogens is 1. The lowest BCUT2D eigenvalue weighted by atomic mass is 10.0. The van der Waals surface area contributed by atoms with Gasteiger partial charge in [0, 0.05) is 0 Å². The molecule has 0 fully saturated rings. The molecule has 0 aliphatic rings. The third kappa shape index (κ3) is 2.56. The first-order valence-electron chi connectivity index (χ1n) is 6.17. The molecule has 0 aliphatic carbocycles. The van der Waals surface area contributed by atoms with Gasteiger partial charge in [0.1, 0.15) is 11.1 Å². The third-order valence-electron chi connectivity index (χ3n) is 3.10. The van der Waals surface area contributed by atoms with E-state index in [4.69, 9.17) is 16.0 Å². The van der Waals surface area contributed by atoms with Crippen LogP contribution in [0.2, 0.25) is 0 Å². The Morgan fingerprint density at radius 3 is 2.05 bits per heavy atom.